The maximum atomic E-state index is 5.68. The Labute approximate surface area is 82.3 Å². The first-order valence-corrected chi connectivity index (χ1v) is 5.65. The van der Waals surface area contributed by atoms with Crippen LogP contribution in [0.15, 0.2) is 0 Å². The van der Waals surface area contributed by atoms with Crippen molar-refractivity contribution in [2.24, 2.45) is 11.1 Å². The Morgan fingerprint density at radius 2 is 2.15 bits per heavy atom. The van der Waals surface area contributed by atoms with Crippen molar-refractivity contribution in [3.63, 3.8) is 0 Å². The molecule has 2 nitrogen and oxygen atoms in total. The monoisotopic (exact) mass is 184 g/mol. The third-order valence-electron chi connectivity index (χ3n) is 3.44. The predicted molar refractivity (Wildman–Crippen MR) is 57.7 cm³/mol. The first-order chi connectivity index (χ1) is 6.18. The zero-order valence-corrected chi connectivity index (χ0v) is 9.10. The molecule has 1 atom stereocenters. The van der Waals surface area contributed by atoms with Gasteiger partial charge in [-0.1, -0.05) is 13.3 Å². The molecule has 0 amide bonds. The highest BCUT2D eigenvalue weighted by molar-refractivity contribution is 4.88. The molecule has 1 rings (SSSR count). The van der Waals surface area contributed by atoms with E-state index in [0.717, 1.165) is 13.0 Å². The Bertz CT molecular complexity index is 134. The minimum atomic E-state index is 0.339. The van der Waals surface area contributed by atoms with Crippen molar-refractivity contribution >= 4 is 0 Å². The fourth-order valence-corrected chi connectivity index (χ4v) is 2.02. The van der Waals surface area contributed by atoms with Gasteiger partial charge in [-0.3, -0.25) is 0 Å². The molecule has 1 saturated carbocycles. The number of hydrogen-bond donors (Lipinski definition) is 2. The van der Waals surface area contributed by atoms with Crippen molar-refractivity contribution in [1.29, 1.82) is 0 Å². The van der Waals surface area contributed by atoms with Crippen LogP contribution in [-0.4, -0.2) is 19.1 Å². The molecule has 0 aromatic heterocycles. The van der Waals surface area contributed by atoms with E-state index in [-0.39, 0.29) is 0 Å². The number of nitrogens with one attached hydrogen (secondary N) is 1. The first kappa shape index (κ1) is 11.0. The third-order valence-corrected chi connectivity index (χ3v) is 3.44. The number of rotatable bonds is 6. The van der Waals surface area contributed by atoms with Gasteiger partial charge in [0.2, 0.25) is 0 Å². The summed E-state index contributed by atoms with van der Waals surface area (Å²) in [6, 6.07) is 0.339. The molecule has 3 N–H and O–H groups in total. The van der Waals surface area contributed by atoms with Crippen LogP contribution in [0.3, 0.4) is 0 Å². The molecule has 2 heteroatoms. The van der Waals surface area contributed by atoms with Crippen LogP contribution in [0.5, 0.6) is 0 Å². The quantitative estimate of drug-likeness (QED) is 0.619. The zero-order valence-electron chi connectivity index (χ0n) is 9.10. The van der Waals surface area contributed by atoms with Gasteiger partial charge in [-0.2, -0.15) is 0 Å². The lowest BCUT2D eigenvalue weighted by Gasteiger charge is -2.41. The van der Waals surface area contributed by atoms with Crippen LogP contribution in [0.1, 0.15) is 46.0 Å². The van der Waals surface area contributed by atoms with Gasteiger partial charge in [-0.15, -0.1) is 0 Å². The van der Waals surface area contributed by atoms with E-state index in [0.29, 0.717) is 11.5 Å². The summed E-state index contributed by atoms with van der Waals surface area (Å²) in [6.45, 7) is 6.67. The van der Waals surface area contributed by atoms with E-state index in [4.69, 9.17) is 5.73 Å². The highest BCUT2D eigenvalue weighted by atomic mass is 14.9. The summed E-state index contributed by atoms with van der Waals surface area (Å²) < 4.78 is 0. The Hall–Kier alpha value is -0.0800. The maximum Gasteiger partial charge on any atom is 0.00225 e. The average Bonchev–Trinajstić information content (AvgIpc) is 2.01. The van der Waals surface area contributed by atoms with Crippen LogP contribution in [-0.2, 0) is 0 Å². The summed E-state index contributed by atoms with van der Waals surface area (Å²) in [4.78, 5) is 0. The summed E-state index contributed by atoms with van der Waals surface area (Å²) in [6.07, 6.45) is 6.71. The third kappa shape index (κ3) is 3.28. The Kier molecular flexibility index (Phi) is 4.20. The Morgan fingerprint density at radius 3 is 2.54 bits per heavy atom. The van der Waals surface area contributed by atoms with E-state index >= 15 is 0 Å². The van der Waals surface area contributed by atoms with Crippen molar-refractivity contribution in [2.45, 2.75) is 52.0 Å². The molecular formula is C11H24N2. The lowest BCUT2D eigenvalue weighted by molar-refractivity contribution is 0.124. The lowest BCUT2D eigenvalue weighted by atomic mass is 9.67. The molecule has 1 fully saturated rings. The predicted octanol–water partition coefficient (Wildman–Crippen LogP) is 1.89. The standard InChI is InChI=1S/C11H24N2/c1-3-11(6-4-7-11)9-13-8-5-10(2)12/h10,13H,3-9,12H2,1-2H3. The molecule has 0 radical (unpaired) electrons. The molecule has 78 valence electrons. The van der Waals surface area contributed by atoms with E-state index in [2.05, 4.69) is 19.2 Å². The van der Waals surface area contributed by atoms with Crippen LogP contribution in [0.2, 0.25) is 0 Å². The van der Waals surface area contributed by atoms with Crippen LogP contribution in [0.4, 0.5) is 0 Å². The number of nitrogens with two attached hydrogens (primary N) is 1. The van der Waals surface area contributed by atoms with Crippen molar-refractivity contribution in [3.05, 3.63) is 0 Å². The van der Waals surface area contributed by atoms with Gasteiger partial charge >= 0.3 is 0 Å². The van der Waals surface area contributed by atoms with E-state index in [9.17, 15) is 0 Å². The fourth-order valence-electron chi connectivity index (χ4n) is 2.02. The second kappa shape index (κ2) is 4.97. The fraction of sp³-hybridized carbons (Fsp3) is 1.00. The molecule has 1 unspecified atom stereocenters. The molecule has 0 aliphatic heterocycles. The minimum absolute atomic E-state index is 0.339. The Balaban J connectivity index is 2.04. The second-order valence-electron chi connectivity index (χ2n) is 4.65. The molecule has 0 saturated heterocycles. The van der Waals surface area contributed by atoms with Crippen molar-refractivity contribution < 1.29 is 0 Å². The van der Waals surface area contributed by atoms with Gasteiger partial charge in [0.1, 0.15) is 0 Å². The van der Waals surface area contributed by atoms with Crippen molar-refractivity contribution in [1.82, 2.24) is 5.32 Å². The van der Waals surface area contributed by atoms with E-state index in [1.165, 1.54) is 32.2 Å². The summed E-state index contributed by atoms with van der Waals surface area (Å²) in [5.74, 6) is 0. The topological polar surface area (TPSA) is 38.0 Å². The summed E-state index contributed by atoms with van der Waals surface area (Å²) >= 11 is 0. The van der Waals surface area contributed by atoms with E-state index in [1.54, 1.807) is 0 Å². The smallest absolute Gasteiger partial charge is 0.00225 e. The molecule has 1 aliphatic carbocycles. The molecule has 0 aromatic rings. The van der Waals surface area contributed by atoms with Crippen LogP contribution in [0.25, 0.3) is 0 Å². The lowest BCUT2D eigenvalue weighted by Crippen LogP contribution is -2.40. The van der Waals surface area contributed by atoms with Gasteiger partial charge in [0.25, 0.3) is 0 Å². The van der Waals surface area contributed by atoms with Crippen LogP contribution >= 0.6 is 0 Å². The largest absolute Gasteiger partial charge is 0.328 e. The van der Waals surface area contributed by atoms with Gasteiger partial charge in [-0.25, -0.2) is 0 Å². The van der Waals surface area contributed by atoms with Crippen molar-refractivity contribution in [3.8, 4) is 0 Å². The van der Waals surface area contributed by atoms with Crippen LogP contribution < -0.4 is 11.1 Å². The van der Waals surface area contributed by atoms with Gasteiger partial charge in [0, 0.05) is 12.6 Å². The average molecular weight is 184 g/mol. The molecule has 0 aromatic carbocycles. The van der Waals surface area contributed by atoms with E-state index in [1.807, 2.05) is 0 Å². The van der Waals surface area contributed by atoms with Gasteiger partial charge in [0.15, 0.2) is 0 Å². The van der Waals surface area contributed by atoms with Gasteiger partial charge in [-0.05, 0) is 44.6 Å². The highest BCUT2D eigenvalue weighted by Crippen LogP contribution is 2.42. The molecule has 0 spiro atoms. The van der Waals surface area contributed by atoms with Crippen molar-refractivity contribution in [2.75, 3.05) is 13.1 Å². The molecule has 0 heterocycles. The van der Waals surface area contributed by atoms with Gasteiger partial charge in [0.05, 0.1) is 0 Å². The second-order valence-corrected chi connectivity index (χ2v) is 4.65. The Morgan fingerprint density at radius 1 is 1.46 bits per heavy atom. The first-order valence-electron chi connectivity index (χ1n) is 5.65. The maximum absolute atomic E-state index is 5.68. The minimum Gasteiger partial charge on any atom is -0.328 e. The summed E-state index contributed by atoms with van der Waals surface area (Å²) in [5, 5.41) is 3.53. The highest BCUT2D eigenvalue weighted by Gasteiger charge is 2.34. The SMILES string of the molecule is CCC1(CNCCC(C)N)CCC1. The normalized spacial score (nSPS) is 22.4. The summed E-state index contributed by atoms with van der Waals surface area (Å²) in [7, 11) is 0. The molecule has 1 aliphatic rings. The zero-order chi connectivity index (χ0) is 9.73. The molecular weight excluding hydrogens is 160 g/mol. The molecule has 13 heavy (non-hydrogen) atoms. The summed E-state index contributed by atoms with van der Waals surface area (Å²) in [5.41, 5.74) is 6.33. The van der Waals surface area contributed by atoms with E-state index < -0.39 is 0 Å². The van der Waals surface area contributed by atoms with Crippen LogP contribution in [0, 0.1) is 5.41 Å². The number of hydrogen-bond acceptors (Lipinski definition) is 2. The molecule has 0 bridgehead atoms. The van der Waals surface area contributed by atoms with Gasteiger partial charge < -0.3 is 11.1 Å².